The molecule has 2 rings (SSSR count). The molecule has 2 N–H and O–H groups in total. The molecule has 22 heavy (non-hydrogen) atoms. The van der Waals surface area contributed by atoms with Crippen LogP contribution in [-0.2, 0) is 11.2 Å². The summed E-state index contributed by atoms with van der Waals surface area (Å²) >= 11 is 2.85. The fraction of sp³-hybridized carbons (Fsp3) is 0.400. The summed E-state index contributed by atoms with van der Waals surface area (Å²) in [6, 6.07) is 8.41. The summed E-state index contributed by atoms with van der Waals surface area (Å²) in [6.07, 6.45) is 1.03. The maximum atomic E-state index is 11.6. The Bertz CT molecular complexity index is 610. The standard InChI is InChI=1S/C15H20N4OS2/c1-4-11-5-7-12(8-6-11)17-14-18-19-15(22-14)21-9-13(20)16-10(2)3/h5-8,10H,4,9H2,1-3H3,(H,16,20)(H,17,18). The fourth-order valence-electron chi connectivity index (χ4n) is 1.76. The number of anilines is 2. The van der Waals surface area contributed by atoms with Crippen molar-refractivity contribution < 1.29 is 4.79 Å². The molecule has 0 spiro atoms. The zero-order valence-electron chi connectivity index (χ0n) is 12.9. The lowest BCUT2D eigenvalue weighted by Crippen LogP contribution is -2.31. The van der Waals surface area contributed by atoms with Crippen LogP contribution in [0, 0.1) is 0 Å². The molecule has 5 nitrogen and oxygen atoms in total. The molecule has 0 saturated carbocycles. The predicted molar refractivity (Wildman–Crippen MR) is 93.0 cm³/mol. The Labute approximate surface area is 138 Å². The van der Waals surface area contributed by atoms with Gasteiger partial charge in [-0.05, 0) is 38.0 Å². The van der Waals surface area contributed by atoms with E-state index in [0.29, 0.717) is 5.75 Å². The summed E-state index contributed by atoms with van der Waals surface area (Å²) in [5.74, 6) is 0.373. The number of aryl methyl sites for hydroxylation is 1. The average molecular weight is 336 g/mol. The number of hydrogen-bond donors (Lipinski definition) is 2. The molecule has 0 fully saturated rings. The van der Waals surface area contributed by atoms with Crippen LogP contribution in [0.15, 0.2) is 28.6 Å². The lowest BCUT2D eigenvalue weighted by Gasteiger charge is -2.06. The molecule has 1 aromatic heterocycles. The van der Waals surface area contributed by atoms with Crippen LogP contribution in [0.4, 0.5) is 10.8 Å². The zero-order valence-corrected chi connectivity index (χ0v) is 14.6. The van der Waals surface area contributed by atoms with E-state index in [2.05, 4.69) is 39.9 Å². The average Bonchev–Trinajstić information content (AvgIpc) is 2.93. The first-order chi connectivity index (χ1) is 10.6. The van der Waals surface area contributed by atoms with Gasteiger partial charge in [0.05, 0.1) is 5.75 Å². The molecule has 0 radical (unpaired) electrons. The fourth-order valence-corrected chi connectivity index (χ4v) is 3.34. The van der Waals surface area contributed by atoms with Crippen LogP contribution in [0.5, 0.6) is 0 Å². The quantitative estimate of drug-likeness (QED) is 0.758. The van der Waals surface area contributed by atoms with Gasteiger partial charge in [-0.2, -0.15) is 0 Å². The van der Waals surface area contributed by atoms with Gasteiger partial charge in [0, 0.05) is 11.7 Å². The van der Waals surface area contributed by atoms with Crippen molar-refractivity contribution in [1.82, 2.24) is 15.5 Å². The van der Waals surface area contributed by atoms with Crippen molar-refractivity contribution >= 4 is 39.8 Å². The minimum Gasteiger partial charge on any atom is -0.353 e. The highest BCUT2D eigenvalue weighted by Crippen LogP contribution is 2.27. The Balaban J connectivity index is 1.86. The van der Waals surface area contributed by atoms with Gasteiger partial charge in [0.2, 0.25) is 11.0 Å². The van der Waals surface area contributed by atoms with Crippen LogP contribution in [-0.4, -0.2) is 27.9 Å². The number of aromatic nitrogens is 2. The molecule has 118 valence electrons. The van der Waals surface area contributed by atoms with Crippen LogP contribution in [0.3, 0.4) is 0 Å². The number of amides is 1. The number of carbonyl (C=O) groups is 1. The molecule has 0 atom stereocenters. The summed E-state index contributed by atoms with van der Waals surface area (Å²) in [4.78, 5) is 11.6. The maximum Gasteiger partial charge on any atom is 0.230 e. The summed E-state index contributed by atoms with van der Waals surface area (Å²) in [6.45, 7) is 6.02. The number of benzene rings is 1. The Kier molecular flexibility index (Phi) is 6.21. The van der Waals surface area contributed by atoms with Crippen LogP contribution in [0.1, 0.15) is 26.3 Å². The van der Waals surface area contributed by atoms with Gasteiger partial charge < -0.3 is 10.6 Å². The molecule has 7 heteroatoms. The second-order valence-corrected chi connectivity index (χ2v) is 7.26. The van der Waals surface area contributed by atoms with Crippen LogP contribution < -0.4 is 10.6 Å². The third kappa shape index (κ3) is 5.31. The lowest BCUT2D eigenvalue weighted by molar-refractivity contribution is -0.119. The van der Waals surface area contributed by atoms with Crippen LogP contribution in [0.25, 0.3) is 0 Å². The summed E-state index contributed by atoms with van der Waals surface area (Å²) in [5.41, 5.74) is 2.29. The van der Waals surface area contributed by atoms with Crippen molar-refractivity contribution in [3.05, 3.63) is 29.8 Å². The van der Waals surface area contributed by atoms with E-state index >= 15 is 0 Å². The molecule has 1 aromatic carbocycles. The first-order valence-corrected chi connectivity index (χ1v) is 8.98. The largest absolute Gasteiger partial charge is 0.353 e. The van der Waals surface area contributed by atoms with Gasteiger partial charge in [-0.25, -0.2) is 0 Å². The van der Waals surface area contributed by atoms with Gasteiger partial charge in [0.1, 0.15) is 0 Å². The Morgan fingerprint density at radius 1 is 1.27 bits per heavy atom. The maximum absolute atomic E-state index is 11.6. The molecule has 0 bridgehead atoms. The monoisotopic (exact) mass is 336 g/mol. The third-order valence-corrected chi connectivity index (χ3v) is 4.77. The van der Waals surface area contributed by atoms with Crippen molar-refractivity contribution in [1.29, 1.82) is 0 Å². The molecule has 2 aromatic rings. The van der Waals surface area contributed by atoms with Gasteiger partial charge in [0.15, 0.2) is 4.34 Å². The summed E-state index contributed by atoms with van der Waals surface area (Å²) in [7, 11) is 0. The molecule has 1 amide bonds. The van der Waals surface area contributed by atoms with E-state index in [0.717, 1.165) is 21.6 Å². The van der Waals surface area contributed by atoms with E-state index < -0.39 is 0 Å². The molecule has 0 aliphatic heterocycles. The third-order valence-electron chi connectivity index (χ3n) is 2.80. The Morgan fingerprint density at radius 2 is 2.00 bits per heavy atom. The summed E-state index contributed by atoms with van der Waals surface area (Å²) in [5, 5.41) is 15.0. The van der Waals surface area contributed by atoms with Gasteiger partial charge in [-0.15, -0.1) is 10.2 Å². The first-order valence-electron chi connectivity index (χ1n) is 7.18. The van der Waals surface area contributed by atoms with Crippen molar-refractivity contribution in [3.63, 3.8) is 0 Å². The molecule has 0 aliphatic rings. The topological polar surface area (TPSA) is 66.9 Å². The minimum absolute atomic E-state index is 0.0138. The van der Waals surface area contributed by atoms with E-state index in [4.69, 9.17) is 0 Å². The SMILES string of the molecule is CCc1ccc(Nc2nnc(SCC(=O)NC(C)C)s2)cc1. The predicted octanol–water partition coefficient (Wildman–Crippen LogP) is 3.46. The highest BCUT2D eigenvalue weighted by molar-refractivity contribution is 8.01. The van der Waals surface area contributed by atoms with E-state index in [-0.39, 0.29) is 11.9 Å². The number of nitrogens with zero attached hydrogens (tertiary/aromatic N) is 2. The van der Waals surface area contributed by atoms with Crippen molar-refractivity contribution in [2.75, 3.05) is 11.1 Å². The molecule has 0 saturated heterocycles. The van der Waals surface area contributed by atoms with Crippen molar-refractivity contribution in [2.45, 2.75) is 37.6 Å². The van der Waals surface area contributed by atoms with Gasteiger partial charge in [-0.3, -0.25) is 4.79 Å². The second kappa shape index (κ2) is 8.14. The Morgan fingerprint density at radius 3 is 2.64 bits per heavy atom. The molecular weight excluding hydrogens is 316 g/mol. The summed E-state index contributed by atoms with van der Waals surface area (Å²) < 4.78 is 0.784. The number of rotatable bonds is 7. The first kappa shape index (κ1) is 16.8. The molecule has 0 aliphatic carbocycles. The lowest BCUT2D eigenvalue weighted by atomic mass is 10.1. The van der Waals surface area contributed by atoms with E-state index in [1.54, 1.807) is 0 Å². The van der Waals surface area contributed by atoms with Gasteiger partial charge in [-0.1, -0.05) is 42.2 Å². The van der Waals surface area contributed by atoms with Crippen LogP contribution in [0.2, 0.25) is 0 Å². The van der Waals surface area contributed by atoms with Gasteiger partial charge >= 0.3 is 0 Å². The van der Waals surface area contributed by atoms with Crippen LogP contribution >= 0.6 is 23.1 Å². The smallest absolute Gasteiger partial charge is 0.230 e. The minimum atomic E-state index is 0.0138. The Hall–Kier alpha value is -1.60. The highest BCUT2D eigenvalue weighted by atomic mass is 32.2. The van der Waals surface area contributed by atoms with E-state index in [1.165, 1.54) is 28.7 Å². The molecular formula is C15H20N4OS2. The number of hydrogen-bond acceptors (Lipinski definition) is 6. The normalized spacial score (nSPS) is 10.7. The van der Waals surface area contributed by atoms with Gasteiger partial charge in [0.25, 0.3) is 0 Å². The second-order valence-electron chi connectivity index (χ2n) is 5.06. The highest BCUT2D eigenvalue weighted by Gasteiger charge is 2.09. The van der Waals surface area contributed by atoms with E-state index in [1.807, 2.05) is 26.0 Å². The number of thioether (sulfide) groups is 1. The number of carbonyl (C=O) groups excluding carboxylic acids is 1. The van der Waals surface area contributed by atoms with Crippen molar-refractivity contribution in [3.8, 4) is 0 Å². The number of nitrogens with one attached hydrogen (secondary N) is 2. The molecule has 0 unspecified atom stereocenters. The zero-order chi connectivity index (χ0) is 15.9. The van der Waals surface area contributed by atoms with Crippen molar-refractivity contribution in [2.24, 2.45) is 0 Å². The molecule has 1 heterocycles. The van der Waals surface area contributed by atoms with E-state index in [9.17, 15) is 4.79 Å².